The van der Waals surface area contributed by atoms with Gasteiger partial charge in [0.15, 0.2) is 0 Å². The highest BCUT2D eigenvalue weighted by atomic mass is 14.9. The number of fused-ring (bicyclic) bond motifs is 1. The minimum Gasteiger partial charge on any atom is -0.361 e. The van der Waals surface area contributed by atoms with Gasteiger partial charge in [0.1, 0.15) is 0 Å². The molecule has 0 aliphatic carbocycles. The van der Waals surface area contributed by atoms with E-state index in [1.54, 1.807) is 0 Å². The van der Waals surface area contributed by atoms with Gasteiger partial charge in [-0.2, -0.15) is 0 Å². The van der Waals surface area contributed by atoms with Crippen molar-refractivity contribution in [2.24, 2.45) is 0 Å². The number of nitrogens with one attached hydrogen (secondary N) is 3. The molecule has 0 aliphatic heterocycles. The summed E-state index contributed by atoms with van der Waals surface area (Å²) in [6.07, 6.45) is 3.14. The zero-order valence-electron chi connectivity index (χ0n) is 12.2. The van der Waals surface area contributed by atoms with E-state index in [0.717, 1.165) is 26.1 Å². The van der Waals surface area contributed by atoms with E-state index in [4.69, 9.17) is 0 Å². The lowest BCUT2D eigenvalue weighted by molar-refractivity contribution is 0.418. The second kappa shape index (κ2) is 6.22. The minimum atomic E-state index is 0.222. The molecule has 1 heterocycles. The Kier molecular flexibility index (Phi) is 4.61. The summed E-state index contributed by atoms with van der Waals surface area (Å²) in [7, 11) is 0. The predicted molar refractivity (Wildman–Crippen MR) is 82.4 cm³/mol. The third-order valence-electron chi connectivity index (χ3n) is 3.13. The Morgan fingerprint density at radius 3 is 2.74 bits per heavy atom. The molecule has 0 aliphatic rings. The second-order valence-electron chi connectivity index (χ2n) is 6.11. The third-order valence-corrected chi connectivity index (χ3v) is 3.13. The van der Waals surface area contributed by atoms with Crippen LogP contribution in [0.15, 0.2) is 30.5 Å². The standard InChI is InChI=1S/C16H25N3/c1-16(2,3)19-9-4-8-17-12-13-5-6-15-14(11-13)7-10-18-15/h5-7,10-11,17-19H,4,8-9,12H2,1-3H3. The molecule has 3 nitrogen and oxygen atoms in total. The molecular formula is C16H25N3. The number of H-pyrrole nitrogens is 1. The van der Waals surface area contributed by atoms with Crippen LogP contribution in [0.4, 0.5) is 0 Å². The lowest BCUT2D eigenvalue weighted by Gasteiger charge is -2.20. The monoisotopic (exact) mass is 259 g/mol. The van der Waals surface area contributed by atoms with E-state index in [-0.39, 0.29) is 5.54 Å². The zero-order valence-corrected chi connectivity index (χ0v) is 12.2. The number of benzene rings is 1. The Morgan fingerprint density at radius 1 is 1.11 bits per heavy atom. The molecule has 0 saturated carbocycles. The summed E-state index contributed by atoms with van der Waals surface area (Å²) in [6, 6.07) is 8.69. The van der Waals surface area contributed by atoms with Crippen LogP contribution in [0.2, 0.25) is 0 Å². The molecule has 1 aromatic carbocycles. The molecule has 1 aromatic heterocycles. The second-order valence-corrected chi connectivity index (χ2v) is 6.11. The van der Waals surface area contributed by atoms with Crippen LogP contribution in [-0.2, 0) is 6.54 Å². The molecule has 0 bridgehead atoms. The SMILES string of the molecule is CC(C)(C)NCCCNCc1ccc2[nH]ccc2c1. The molecule has 2 aromatic rings. The summed E-state index contributed by atoms with van der Waals surface area (Å²) in [6.45, 7) is 9.66. The van der Waals surface area contributed by atoms with Gasteiger partial charge in [0.25, 0.3) is 0 Å². The third kappa shape index (κ3) is 4.69. The molecule has 0 spiro atoms. The lowest BCUT2D eigenvalue weighted by Crippen LogP contribution is -2.37. The fourth-order valence-corrected chi connectivity index (χ4v) is 2.12. The van der Waals surface area contributed by atoms with Crippen molar-refractivity contribution < 1.29 is 0 Å². The van der Waals surface area contributed by atoms with Crippen LogP contribution < -0.4 is 10.6 Å². The quantitative estimate of drug-likeness (QED) is 0.698. The van der Waals surface area contributed by atoms with Crippen LogP contribution in [-0.4, -0.2) is 23.6 Å². The van der Waals surface area contributed by atoms with Crippen molar-refractivity contribution in [3.8, 4) is 0 Å². The van der Waals surface area contributed by atoms with Gasteiger partial charge in [-0.25, -0.2) is 0 Å². The van der Waals surface area contributed by atoms with Crippen LogP contribution in [0, 0.1) is 0 Å². The van der Waals surface area contributed by atoms with E-state index < -0.39 is 0 Å². The van der Waals surface area contributed by atoms with Crippen molar-refractivity contribution in [1.29, 1.82) is 0 Å². The molecule has 0 amide bonds. The maximum atomic E-state index is 3.50. The Labute approximate surface area is 115 Å². The first-order valence-corrected chi connectivity index (χ1v) is 7.06. The number of hydrogen-bond acceptors (Lipinski definition) is 2. The van der Waals surface area contributed by atoms with E-state index in [1.165, 1.54) is 16.5 Å². The van der Waals surface area contributed by atoms with Crippen LogP contribution in [0.25, 0.3) is 10.9 Å². The Morgan fingerprint density at radius 2 is 1.95 bits per heavy atom. The van der Waals surface area contributed by atoms with Crippen molar-refractivity contribution >= 4 is 10.9 Å². The highest BCUT2D eigenvalue weighted by Crippen LogP contribution is 2.13. The average molecular weight is 259 g/mol. The molecule has 0 saturated heterocycles. The van der Waals surface area contributed by atoms with Gasteiger partial charge in [0, 0.05) is 23.8 Å². The minimum absolute atomic E-state index is 0.222. The van der Waals surface area contributed by atoms with E-state index in [2.05, 4.69) is 60.7 Å². The van der Waals surface area contributed by atoms with Crippen molar-refractivity contribution in [1.82, 2.24) is 15.6 Å². The number of hydrogen-bond donors (Lipinski definition) is 3. The predicted octanol–water partition coefficient (Wildman–Crippen LogP) is 3.04. The van der Waals surface area contributed by atoms with E-state index in [9.17, 15) is 0 Å². The van der Waals surface area contributed by atoms with E-state index in [0.29, 0.717) is 0 Å². The van der Waals surface area contributed by atoms with Crippen LogP contribution >= 0.6 is 0 Å². The van der Waals surface area contributed by atoms with Crippen LogP contribution in [0.5, 0.6) is 0 Å². The molecule has 0 radical (unpaired) electrons. The van der Waals surface area contributed by atoms with Crippen molar-refractivity contribution in [2.45, 2.75) is 39.3 Å². The molecule has 104 valence electrons. The van der Waals surface area contributed by atoms with Gasteiger partial charge in [-0.15, -0.1) is 0 Å². The summed E-state index contributed by atoms with van der Waals surface area (Å²) in [5.74, 6) is 0. The Bertz CT molecular complexity index is 508. The summed E-state index contributed by atoms with van der Waals surface area (Å²) >= 11 is 0. The maximum absolute atomic E-state index is 3.50. The summed E-state index contributed by atoms with van der Waals surface area (Å²) < 4.78 is 0. The zero-order chi connectivity index (χ0) is 13.7. The molecule has 0 fully saturated rings. The largest absolute Gasteiger partial charge is 0.361 e. The van der Waals surface area contributed by atoms with Gasteiger partial charge < -0.3 is 15.6 Å². The number of aromatic nitrogens is 1. The first-order chi connectivity index (χ1) is 9.04. The molecular weight excluding hydrogens is 234 g/mol. The highest BCUT2D eigenvalue weighted by molar-refractivity contribution is 5.79. The first-order valence-electron chi connectivity index (χ1n) is 7.06. The summed E-state index contributed by atoms with van der Waals surface area (Å²) in [5.41, 5.74) is 2.77. The first kappa shape index (κ1) is 14.1. The van der Waals surface area contributed by atoms with Crippen LogP contribution in [0.3, 0.4) is 0 Å². The van der Waals surface area contributed by atoms with E-state index in [1.807, 2.05) is 6.20 Å². The fraction of sp³-hybridized carbons (Fsp3) is 0.500. The van der Waals surface area contributed by atoms with Gasteiger partial charge in [0.05, 0.1) is 0 Å². The molecule has 2 rings (SSSR count). The Balaban J connectivity index is 1.68. The molecule has 19 heavy (non-hydrogen) atoms. The molecule has 0 atom stereocenters. The van der Waals surface area contributed by atoms with Gasteiger partial charge in [0.2, 0.25) is 0 Å². The Hall–Kier alpha value is -1.32. The van der Waals surface area contributed by atoms with Gasteiger partial charge in [-0.3, -0.25) is 0 Å². The van der Waals surface area contributed by atoms with Crippen molar-refractivity contribution in [3.63, 3.8) is 0 Å². The fourth-order valence-electron chi connectivity index (χ4n) is 2.12. The van der Waals surface area contributed by atoms with Gasteiger partial charge >= 0.3 is 0 Å². The van der Waals surface area contributed by atoms with Gasteiger partial charge in [-0.1, -0.05) is 6.07 Å². The van der Waals surface area contributed by atoms with Crippen LogP contribution in [0.1, 0.15) is 32.8 Å². The average Bonchev–Trinajstić information content (AvgIpc) is 2.79. The normalized spacial score (nSPS) is 12.2. The summed E-state index contributed by atoms with van der Waals surface area (Å²) in [5, 5.41) is 8.28. The summed E-state index contributed by atoms with van der Waals surface area (Å²) in [4.78, 5) is 3.22. The lowest BCUT2D eigenvalue weighted by atomic mass is 10.1. The highest BCUT2D eigenvalue weighted by Gasteiger charge is 2.06. The van der Waals surface area contributed by atoms with E-state index >= 15 is 0 Å². The van der Waals surface area contributed by atoms with Crippen molar-refractivity contribution in [3.05, 3.63) is 36.0 Å². The molecule has 3 heteroatoms. The topological polar surface area (TPSA) is 39.8 Å². The number of aromatic amines is 1. The van der Waals surface area contributed by atoms with Crippen molar-refractivity contribution in [2.75, 3.05) is 13.1 Å². The number of rotatable bonds is 6. The van der Waals surface area contributed by atoms with Gasteiger partial charge in [-0.05, 0) is 69.4 Å². The smallest absolute Gasteiger partial charge is 0.0454 e. The maximum Gasteiger partial charge on any atom is 0.0454 e. The molecule has 0 unspecified atom stereocenters. The molecule has 3 N–H and O–H groups in total.